The number of aliphatic hydroxyl groups is 1. The van der Waals surface area contributed by atoms with E-state index in [0.717, 1.165) is 16.9 Å². The standard InChI is InChI=1S/C10H13N3O/c1-7-8-2-3-9(10(14)6-11)13(8)5-4-12-7/h2-5,10,14H,6,11H2,1H3. The van der Waals surface area contributed by atoms with Crippen molar-refractivity contribution in [2.24, 2.45) is 5.73 Å². The predicted octanol–water partition coefficient (Wildman–Crippen LogP) is 0.635. The van der Waals surface area contributed by atoms with Crippen LogP contribution in [0.4, 0.5) is 0 Å². The molecule has 0 saturated heterocycles. The fourth-order valence-electron chi connectivity index (χ4n) is 1.60. The molecule has 0 bridgehead atoms. The lowest BCUT2D eigenvalue weighted by molar-refractivity contribution is 0.181. The van der Waals surface area contributed by atoms with Gasteiger partial charge in [0.25, 0.3) is 0 Å². The van der Waals surface area contributed by atoms with E-state index in [2.05, 4.69) is 4.98 Å². The summed E-state index contributed by atoms with van der Waals surface area (Å²) in [6.45, 7) is 2.17. The number of aryl methyl sites for hydroxylation is 1. The molecular formula is C10H13N3O. The molecule has 0 aliphatic heterocycles. The molecule has 0 amide bonds. The Morgan fingerprint density at radius 1 is 1.57 bits per heavy atom. The van der Waals surface area contributed by atoms with Crippen LogP contribution in [0, 0.1) is 6.92 Å². The number of aliphatic hydroxyl groups excluding tert-OH is 1. The van der Waals surface area contributed by atoms with Gasteiger partial charge in [-0.1, -0.05) is 0 Å². The van der Waals surface area contributed by atoms with Crippen molar-refractivity contribution in [3.05, 3.63) is 35.9 Å². The molecule has 1 unspecified atom stereocenters. The SMILES string of the molecule is Cc1nccn2c(C(O)CN)ccc12. The zero-order valence-corrected chi connectivity index (χ0v) is 8.01. The van der Waals surface area contributed by atoms with E-state index < -0.39 is 6.10 Å². The highest BCUT2D eigenvalue weighted by atomic mass is 16.3. The number of fused-ring (bicyclic) bond motifs is 1. The lowest BCUT2D eigenvalue weighted by Crippen LogP contribution is -2.13. The summed E-state index contributed by atoms with van der Waals surface area (Å²) < 4.78 is 1.92. The molecule has 2 heterocycles. The van der Waals surface area contributed by atoms with Gasteiger partial charge in [0.15, 0.2) is 0 Å². The molecule has 0 aliphatic carbocycles. The van der Waals surface area contributed by atoms with E-state index in [0.29, 0.717) is 0 Å². The number of aromatic nitrogens is 2. The van der Waals surface area contributed by atoms with Crippen molar-refractivity contribution in [3.63, 3.8) is 0 Å². The lowest BCUT2D eigenvalue weighted by Gasteiger charge is -2.08. The molecule has 0 spiro atoms. The van der Waals surface area contributed by atoms with Gasteiger partial charge in [-0.25, -0.2) is 0 Å². The molecule has 0 aromatic carbocycles. The second kappa shape index (κ2) is 3.40. The Morgan fingerprint density at radius 2 is 2.36 bits per heavy atom. The summed E-state index contributed by atoms with van der Waals surface area (Å²) in [4.78, 5) is 4.17. The first-order chi connectivity index (χ1) is 6.74. The topological polar surface area (TPSA) is 63.5 Å². The second-order valence-electron chi connectivity index (χ2n) is 3.28. The van der Waals surface area contributed by atoms with E-state index in [1.807, 2.05) is 29.7 Å². The summed E-state index contributed by atoms with van der Waals surface area (Å²) in [7, 11) is 0. The molecule has 1 atom stereocenters. The van der Waals surface area contributed by atoms with Gasteiger partial charge in [0, 0.05) is 18.9 Å². The summed E-state index contributed by atoms with van der Waals surface area (Å²) in [5.41, 5.74) is 8.18. The maximum atomic E-state index is 9.64. The molecule has 0 radical (unpaired) electrons. The zero-order chi connectivity index (χ0) is 10.1. The number of nitrogens with zero attached hydrogens (tertiary/aromatic N) is 2. The van der Waals surface area contributed by atoms with E-state index >= 15 is 0 Å². The summed E-state index contributed by atoms with van der Waals surface area (Å²) in [5, 5.41) is 9.64. The second-order valence-corrected chi connectivity index (χ2v) is 3.28. The van der Waals surface area contributed by atoms with E-state index in [4.69, 9.17) is 5.73 Å². The van der Waals surface area contributed by atoms with Crippen LogP contribution in [-0.4, -0.2) is 21.0 Å². The van der Waals surface area contributed by atoms with Crippen LogP contribution in [0.25, 0.3) is 5.52 Å². The molecule has 2 rings (SSSR count). The first-order valence-corrected chi connectivity index (χ1v) is 4.54. The molecule has 74 valence electrons. The largest absolute Gasteiger partial charge is 0.386 e. The van der Waals surface area contributed by atoms with E-state index in [9.17, 15) is 5.11 Å². The van der Waals surface area contributed by atoms with Crippen molar-refractivity contribution in [1.82, 2.24) is 9.38 Å². The number of hydrogen-bond acceptors (Lipinski definition) is 3. The summed E-state index contributed by atoms with van der Waals surface area (Å²) in [5.74, 6) is 0. The minimum absolute atomic E-state index is 0.230. The zero-order valence-electron chi connectivity index (χ0n) is 8.01. The van der Waals surface area contributed by atoms with Gasteiger partial charge in [-0.3, -0.25) is 4.98 Å². The van der Waals surface area contributed by atoms with Crippen molar-refractivity contribution in [3.8, 4) is 0 Å². The van der Waals surface area contributed by atoms with Gasteiger partial charge >= 0.3 is 0 Å². The molecule has 2 aromatic rings. The Labute approximate surface area is 82.0 Å². The smallest absolute Gasteiger partial charge is 0.106 e. The minimum atomic E-state index is -0.612. The van der Waals surface area contributed by atoms with Crippen molar-refractivity contribution >= 4 is 5.52 Å². The maximum Gasteiger partial charge on any atom is 0.106 e. The first kappa shape index (κ1) is 9.18. The Balaban J connectivity index is 2.63. The van der Waals surface area contributed by atoms with Crippen LogP contribution in [0.2, 0.25) is 0 Å². The Morgan fingerprint density at radius 3 is 3.07 bits per heavy atom. The van der Waals surface area contributed by atoms with Crippen molar-refractivity contribution in [1.29, 1.82) is 0 Å². The molecule has 0 fully saturated rings. The van der Waals surface area contributed by atoms with Crippen molar-refractivity contribution < 1.29 is 5.11 Å². The average Bonchev–Trinajstić information content (AvgIpc) is 2.62. The number of rotatable bonds is 2. The van der Waals surface area contributed by atoms with Gasteiger partial charge in [-0.15, -0.1) is 0 Å². The Hall–Kier alpha value is -1.39. The molecule has 4 heteroatoms. The monoisotopic (exact) mass is 191 g/mol. The maximum absolute atomic E-state index is 9.64. The van der Waals surface area contributed by atoms with Crippen LogP contribution in [0.1, 0.15) is 17.5 Å². The van der Waals surface area contributed by atoms with Crippen LogP contribution >= 0.6 is 0 Å². The van der Waals surface area contributed by atoms with E-state index in [-0.39, 0.29) is 6.54 Å². The lowest BCUT2D eigenvalue weighted by atomic mass is 10.2. The van der Waals surface area contributed by atoms with Crippen LogP contribution < -0.4 is 5.73 Å². The third kappa shape index (κ3) is 1.29. The number of nitrogens with two attached hydrogens (primary N) is 1. The van der Waals surface area contributed by atoms with E-state index in [1.165, 1.54) is 0 Å². The van der Waals surface area contributed by atoms with Gasteiger partial charge in [0.1, 0.15) is 6.10 Å². The Kier molecular flexibility index (Phi) is 2.23. The van der Waals surface area contributed by atoms with Crippen LogP contribution in [0.5, 0.6) is 0 Å². The third-order valence-corrected chi connectivity index (χ3v) is 2.37. The van der Waals surface area contributed by atoms with E-state index in [1.54, 1.807) is 6.20 Å². The molecule has 2 aromatic heterocycles. The third-order valence-electron chi connectivity index (χ3n) is 2.37. The highest BCUT2D eigenvalue weighted by Gasteiger charge is 2.10. The molecule has 14 heavy (non-hydrogen) atoms. The minimum Gasteiger partial charge on any atom is -0.386 e. The van der Waals surface area contributed by atoms with Crippen molar-refractivity contribution in [2.45, 2.75) is 13.0 Å². The Bertz CT molecular complexity index is 450. The van der Waals surface area contributed by atoms with Crippen LogP contribution in [0.3, 0.4) is 0 Å². The normalized spacial score (nSPS) is 13.4. The fraction of sp³-hybridized carbons (Fsp3) is 0.300. The summed E-state index contributed by atoms with van der Waals surface area (Å²) in [6.07, 6.45) is 2.94. The van der Waals surface area contributed by atoms with Gasteiger partial charge < -0.3 is 15.2 Å². The van der Waals surface area contributed by atoms with Gasteiger partial charge in [-0.2, -0.15) is 0 Å². The highest BCUT2D eigenvalue weighted by Crippen LogP contribution is 2.17. The highest BCUT2D eigenvalue weighted by molar-refractivity contribution is 5.53. The summed E-state index contributed by atoms with van der Waals surface area (Å²) in [6, 6.07) is 3.82. The molecule has 4 nitrogen and oxygen atoms in total. The fourth-order valence-corrected chi connectivity index (χ4v) is 1.60. The van der Waals surface area contributed by atoms with Gasteiger partial charge in [0.05, 0.1) is 16.9 Å². The van der Waals surface area contributed by atoms with Crippen LogP contribution in [-0.2, 0) is 0 Å². The van der Waals surface area contributed by atoms with Crippen molar-refractivity contribution in [2.75, 3.05) is 6.54 Å². The van der Waals surface area contributed by atoms with Gasteiger partial charge in [0.2, 0.25) is 0 Å². The molecular weight excluding hydrogens is 178 g/mol. The molecule has 0 aliphatic rings. The number of hydrogen-bond donors (Lipinski definition) is 2. The quantitative estimate of drug-likeness (QED) is 0.732. The summed E-state index contributed by atoms with van der Waals surface area (Å²) >= 11 is 0. The van der Waals surface area contributed by atoms with Gasteiger partial charge in [-0.05, 0) is 19.1 Å². The first-order valence-electron chi connectivity index (χ1n) is 4.54. The molecule has 3 N–H and O–H groups in total. The average molecular weight is 191 g/mol. The predicted molar refractivity (Wildman–Crippen MR) is 53.9 cm³/mol. The molecule has 0 saturated carbocycles. The van der Waals surface area contributed by atoms with Crippen LogP contribution in [0.15, 0.2) is 24.5 Å².